The summed E-state index contributed by atoms with van der Waals surface area (Å²) in [6.45, 7) is 5.02. The van der Waals surface area contributed by atoms with E-state index in [4.69, 9.17) is 9.47 Å². The topological polar surface area (TPSA) is 35.5 Å². The fourth-order valence-corrected chi connectivity index (χ4v) is 3.78. The minimum Gasteiger partial charge on any atom is -0.494 e. The second kappa shape index (κ2) is 13.5. The standard InChI is InChI=1S/C30H35FO3/c1-3-5-7-9-21-33-27-17-19-28(20-18-27)34-30(32)25-14-11-23(12-15-25)26-16-13-24(29(31)22-26)10-8-6-4-2/h11-20,22H,3-10,21H2,1-2H3. The molecule has 0 bridgehead atoms. The number of carbonyl (C=O) groups excluding carboxylic acids is 1. The average Bonchev–Trinajstić information content (AvgIpc) is 2.86. The van der Waals surface area contributed by atoms with Gasteiger partial charge in [-0.2, -0.15) is 0 Å². The second-order valence-corrected chi connectivity index (χ2v) is 8.61. The quantitative estimate of drug-likeness (QED) is 0.145. The van der Waals surface area contributed by atoms with Gasteiger partial charge in [0.25, 0.3) is 0 Å². The Morgan fingerprint density at radius 3 is 2.06 bits per heavy atom. The minimum absolute atomic E-state index is 0.175. The van der Waals surface area contributed by atoms with E-state index in [0.29, 0.717) is 17.9 Å². The Labute approximate surface area is 202 Å². The van der Waals surface area contributed by atoms with Crippen LogP contribution in [0.5, 0.6) is 11.5 Å². The summed E-state index contributed by atoms with van der Waals surface area (Å²) < 4.78 is 25.7. The molecule has 0 saturated heterocycles. The van der Waals surface area contributed by atoms with Gasteiger partial charge in [-0.1, -0.05) is 70.2 Å². The Kier molecular flexibility index (Phi) is 10.1. The van der Waals surface area contributed by atoms with E-state index in [1.165, 1.54) is 19.3 Å². The molecule has 0 N–H and O–H groups in total. The lowest BCUT2D eigenvalue weighted by Gasteiger charge is -2.09. The third-order valence-corrected chi connectivity index (χ3v) is 5.86. The van der Waals surface area contributed by atoms with Crippen LogP contribution in [0.4, 0.5) is 4.39 Å². The van der Waals surface area contributed by atoms with Crippen molar-refractivity contribution in [3.63, 3.8) is 0 Å². The van der Waals surface area contributed by atoms with E-state index in [0.717, 1.165) is 54.5 Å². The Morgan fingerprint density at radius 2 is 1.38 bits per heavy atom. The van der Waals surface area contributed by atoms with Gasteiger partial charge in [0.1, 0.15) is 17.3 Å². The van der Waals surface area contributed by atoms with Crippen LogP contribution in [0.3, 0.4) is 0 Å². The maximum Gasteiger partial charge on any atom is 0.343 e. The molecule has 0 heterocycles. The molecule has 0 unspecified atom stereocenters. The smallest absolute Gasteiger partial charge is 0.343 e. The normalized spacial score (nSPS) is 10.8. The maximum absolute atomic E-state index is 14.5. The summed E-state index contributed by atoms with van der Waals surface area (Å²) in [6, 6.07) is 19.5. The monoisotopic (exact) mass is 462 g/mol. The molecule has 3 aromatic carbocycles. The van der Waals surface area contributed by atoms with Gasteiger partial charge in [-0.3, -0.25) is 0 Å². The third-order valence-electron chi connectivity index (χ3n) is 5.86. The van der Waals surface area contributed by atoms with E-state index >= 15 is 0 Å². The van der Waals surface area contributed by atoms with Crippen molar-refractivity contribution in [1.29, 1.82) is 0 Å². The van der Waals surface area contributed by atoms with E-state index in [1.54, 1.807) is 30.3 Å². The van der Waals surface area contributed by atoms with Crippen molar-refractivity contribution in [3.8, 4) is 22.6 Å². The molecule has 0 atom stereocenters. The molecule has 3 aromatic rings. The molecular formula is C30H35FO3. The minimum atomic E-state index is -0.433. The molecule has 3 rings (SSSR count). The predicted octanol–water partition coefficient (Wildman–Crippen LogP) is 8.40. The van der Waals surface area contributed by atoms with Crippen molar-refractivity contribution in [2.75, 3.05) is 6.61 Å². The van der Waals surface area contributed by atoms with Crippen molar-refractivity contribution < 1.29 is 18.7 Å². The number of aryl methyl sites for hydroxylation is 1. The van der Waals surface area contributed by atoms with Crippen LogP contribution in [0.15, 0.2) is 66.7 Å². The predicted molar refractivity (Wildman–Crippen MR) is 136 cm³/mol. The lowest BCUT2D eigenvalue weighted by molar-refractivity contribution is 0.0734. The molecule has 0 saturated carbocycles. The number of hydrogen-bond acceptors (Lipinski definition) is 3. The Morgan fingerprint density at radius 1 is 0.735 bits per heavy atom. The Bertz CT molecular complexity index is 1030. The molecule has 0 fully saturated rings. The van der Waals surface area contributed by atoms with Gasteiger partial charge < -0.3 is 9.47 Å². The molecule has 0 radical (unpaired) electrons. The molecule has 180 valence electrons. The van der Waals surface area contributed by atoms with E-state index in [-0.39, 0.29) is 5.82 Å². The third kappa shape index (κ3) is 7.72. The number of carbonyl (C=O) groups is 1. The summed E-state index contributed by atoms with van der Waals surface area (Å²) in [4.78, 5) is 12.5. The van der Waals surface area contributed by atoms with Gasteiger partial charge in [0.05, 0.1) is 12.2 Å². The van der Waals surface area contributed by atoms with Crippen molar-refractivity contribution in [3.05, 3.63) is 83.7 Å². The highest BCUT2D eigenvalue weighted by Crippen LogP contribution is 2.24. The first-order valence-electron chi connectivity index (χ1n) is 12.4. The molecule has 0 aliphatic rings. The second-order valence-electron chi connectivity index (χ2n) is 8.61. The van der Waals surface area contributed by atoms with Gasteiger partial charge in [-0.05, 0) is 78.4 Å². The highest BCUT2D eigenvalue weighted by molar-refractivity contribution is 5.91. The fraction of sp³-hybridized carbons (Fsp3) is 0.367. The molecular weight excluding hydrogens is 427 g/mol. The van der Waals surface area contributed by atoms with Gasteiger partial charge in [0, 0.05) is 0 Å². The zero-order valence-corrected chi connectivity index (χ0v) is 20.3. The average molecular weight is 463 g/mol. The molecule has 3 nitrogen and oxygen atoms in total. The van der Waals surface area contributed by atoms with Gasteiger partial charge in [0.15, 0.2) is 0 Å². The lowest BCUT2D eigenvalue weighted by Crippen LogP contribution is -2.08. The molecule has 4 heteroatoms. The highest BCUT2D eigenvalue weighted by atomic mass is 19.1. The summed E-state index contributed by atoms with van der Waals surface area (Å²) in [5.41, 5.74) is 2.85. The van der Waals surface area contributed by atoms with Crippen LogP contribution in [-0.2, 0) is 6.42 Å². The van der Waals surface area contributed by atoms with Crippen LogP contribution in [0.2, 0.25) is 0 Å². The van der Waals surface area contributed by atoms with Gasteiger partial charge in [-0.15, -0.1) is 0 Å². The summed E-state index contributed by atoms with van der Waals surface area (Å²) in [7, 11) is 0. The first kappa shape index (κ1) is 25.5. The summed E-state index contributed by atoms with van der Waals surface area (Å²) in [5, 5.41) is 0. The van der Waals surface area contributed by atoms with Crippen LogP contribution < -0.4 is 9.47 Å². The number of rotatable bonds is 13. The molecule has 0 aliphatic carbocycles. The van der Waals surface area contributed by atoms with Crippen molar-refractivity contribution >= 4 is 5.97 Å². The van der Waals surface area contributed by atoms with Crippen LogP contribution in [0.1, 0.15) is 74.7 Å². The van der Waals surface area contributed by atoms with E-state index in [9.17, 15) is 9.18 Å². The lowest BCUT2D eigenvalue weighted by atomic mass is 10.00. The van der Waals surface area contributed by atoms with Gasteiger partial charge >= 0.3 is 5.97 Å². The first-order chi connectivity index (χ1) is 16.6. The van der Waals surface area contributed by atoms with E-state index in [2.05, 4.69) is 13.8 Å². The maximum atomic E-state index is 14.5. The van der Waals surface area contributed by atoms with E-state index < -0.39 is 5.97 Å². The van der Waals surface area contributed by atoms with Crippen molar-refractivity contribution in [2.45, 2.75) is 65.2 Å². The molecule has 34 heavy (non-hydrogen) atoms. The molecule has 0 aromatic heterocycles. The summed E-state index contributed by atoms with van der Waals surface area (Å²) in [6.07, 6.45) is 8.62. The van der Waals surface area contributed by atoms with Crippen molar-refractivity contribution in [1.82, 2.24) is 0 Å². The van der Waals surface area contributed by atoms with Crippen LogP contribution in [-0.4, -0.2) is 12.6 Å². The number of hydrogen-bond donors (Lipinski definition) is 0. The molecule has 0 aliphatic heterocycles. The molecule has 0 spiro atoms. The van der Waals surface area contributed by atoms with Gasteiger partial charge in [-0.25, -0.2) is 9.18 Å². The largest absolute Gasteiger partial charge is 0.494 e. The number of benzene rings is 3. The number of esters is 1. The van der Waals surface area contributed by atoms with Gasteiger partial charge in [0.2, 0.25) is 0 Å². The van der Waals surface area contributed by atoms with Crippen LogP contribution in [0.25, 0.3) is 11.1 Å². The zero-order valence-electron chi connectivity index (χ0n) is 20.3. The van der Waals surface area contributed by atoms with E-state index in [1.807, 2.05) is 36.4 Å². The first-order valence-corrected chi connectivity index (χ1v) is 12.4. The summed E-state index contributed by atoms with van der Waals surface area (Å²) in [5.74, 6) is 0.625. The highest BCUT2D eigenvalue weighted by Gasteiger charge is 2.10. The number of ether oxygens (including phenoxy) is 2. The Hall–Kier alpha value is -3.14. The Balaban J connectivity index is 1.54. The van der Waals surface area contributed by atoms with Crippen LogP contribution in [0, 0.1) is 5.82 Å². The zero-order chi connectivity index (χ0) is 24.2. The molecule has 0 amide bonds. The van der Waals surface area contributed by atoms with Crippen LogP contribution >= 0.6 is 0 Å². The van der Waals surface area contributed by atoms with Crippen molar-refractivity contribution in [2.24, 2.45) is 0 Å². The number of halogens is 1. The summed E-state index contributed by atoms with van der Waals surface area (Å²) >= 11 is 0. The fourth-order valence-electron chi connectivity index (χ4n) is 3.78. The number of unbranched alkanes of at least 4 members (excludes halogenated alkanes) is 5. The SMILES string of the molecule is CCCCCCOc1ccc(OC(=O)c2ccc(-c3ccc(CCCCC)c(F)c3)cc2)cc1.